The Morgan fingerprint density at radius 1 is 1.25 bits per heavy atom. The molecule has 1 aliphatic heterocycles. The van der Waals surface area contributed by atoms with Crippen LogP contribution in [-0.4, -0.2) is 40.7 Å². The lowest BCUT2D eigenvalue weighted by molar-refractivity contribution is -0.129. The summed E-state index contributed by atoms with van der Waals surface area (Å²) in [7, 11) is 0. The zero-order chi connectivity index (χ0) is 19.7. The molecule has 0 radical (unpaired) electrons. The van der Waals surface area contributed by atoms with Crippen LogP contribution in [0.5, 0.6) is 0 Å². The summed E-state index contributed by atoms with van der Waals surface area (Å²) in [5, 5.41) is 3.86. The lowest BCUT2D eigenvalue weighted by atomic mass is 10.1. The van der Waals surface area contributed by atoms with Gasteiger partial charge in [-0.05, 0) is 42.3 Å². The molecule has 28 heavy (non-hydrogen) atoms. The monoisotopic (exact) mass is 380 g/mol. The minimum absolute atomic E-state index is 0.0414. The number of aromatic amines is 1. The average Bonchev–Trinajstić information content (AvgIpc) is 3.25. The number of anilines is 1. The smallest absolute Gasteiger partial charge is 0.240 e. The summed E-state index contributed by atoms with van der Waals surface area (Å²) in [4.78, 5) is 30.0. The maximum atomic E-state index is 13.0. The summed E-state index contributed by atoms with van der Waals surface area (Å²) < 4.78 is 13.0. The quantitative estimate of drug-likeness (QED) is 0.453. The molecule has 2 aromatic carbocycles. The number of nitrogens with one attached hydrogen (secondary N) is 2. The van der Waals surface area contributed by atoms with Crippen LogP contribution in [0, 0.1) is 5.82 Å². The second-order valence-electron chi connectivity index (χ2n) is 7.04. The van der Waals surface area contributed by atoms with Crippen molar-refractivity contribution in [1.82, 2.24) is 15.2 Å². The molecule has 0 aliphatic carbocycles. The van der Waals surface area contributed by atoms with Crippen LogP contribution in [0.3, 0.4) is 0 Å². The fourth-order valence-electron chi connectivity index (χ4n) is 3.58. The van der Waals surface area contributed by atoms with E-state index in [-0.39, 0.29) is 30.1 Å². The first-order valence-corrected chi connectivity index (χ1v) is 9.17. The van der Waals surface area contributed by atoms with Gasteiger partial charge in [0.25, 0.3) is 0 Å². The van der Waals surface area contributed by atoms with Crippen molar-refractivity contribution in [3.05, 3.63) is 65.6 Å². The zero-order valence-corrected chi connectivity index (χ0v) is 15.2. The van der Waals surface area contributed by atoms with Gasteiger partial charge in [-0.1, -0.05) is 12.1 Å². The van der Waals surface area contributed by atoms with Crippen molar-refractivity contribution >= 4 is 28.3 Å². The summed E-state index contributed by atoms with van der Waals surface area (Å²) in [6, 6.07) is 11.1. The number of fused-ring (bicyclic) bond motifs is 1. The third-order valence-corrected chi connectivity index (χ3v) is 5.10. The second-order valence-corrected chi connectivity index (χ2v) is 7.04. The third kappa shape index (κ3) is 3.61. The van der Waals surface area contributed by atoms with Crippen LogP contribution in [0.1, 0.15) is 22.3 Å². The van der Waals surface area contributed by atoms with Gasteiger partial charge >= 0.3 is 0 Å². The van der Waals surface area contributed by atoms with Crippen LogP contribution >= 0.6 is 0 Å². The number of carbonyl (C=O) groups excluding carboxylic acids is 2. The molecule has 1 amide bonds. The van der Waals surface area contributed by atoms with Crippen LogP contribution in [0.15, 0.2) is 48.7 Å². The molecular formula is C21H21FN4O2. The normalized spacial score (nSPS) is 16.8. The SMILES string of the molecule is Nc1ccc2[nH]cc(C(=O)CNC3CCN(Cc4ccc(F)cc4)C3=O)c2c1. The molecule has 2 heterocycles. The van der Waals surface area contributed by atoms with E-state index < -0.39 is 0 Å². The van der Waals surface area contributed by atoms with Gasteiger partial charge in [-0.15, -0.1) is 0 Å². The van der Waals surface area contributed by atoms with Crippen molar-refractivity contribution in [3.63, 3.8) is 0 Å². The number of hydrogen-bond donors (Lipinski definition) is 3. The van der Waals surface area contributed by atoms with Gasteiger partial charge in [0.2, 0.25) is 5.91 Å². The zero-order valence-electron chi connectivity index (χ0n) is 15.2. The molecule has 1 saturated heterocycles. The number of amides is 1. The molecule has 0 saturated carbocycles. The molecule has 0 bridgehead atoms. The van der Waals surface area contributed by atoms with E-state index in [9.17, 15) is 14.0 Å². The van der Waals surface area contributed by atoms with Crippen LogP contribution in [0.2, 0.25) is 0 Å². The van der Waals surface area contributed by atoms with E-state index in [2.05, 4.69) is 10.3 Å². The number of halogens is 1. The van der Waals surface area contributed by atoms with Crippen molar-refractivity contribution in [2.24, 2.45) is 0 Å². The van der Waals surface area contributed by atoms with Gasteiger partial charge in [0.05, 0.1) is 12.6 Å². The number of rotatable bonds is 6. The fourth-order valence-corrected chi connectivity index (χ4v) is 3.58. The Hall–Kier alpha value is -3.19. The van der Waals surface area contributed by atoms with Gasteiger partial charge in [-0.3, -0.25) is 14.9 Å². The number of aromatic nitrogens is 1. The maximum absolute atomic E-state index is 13.0. The number of ketones is 1. The summed E-state index contributed by atoms with van der Waals surface area (Å²) in [6.07, 6.45) is 2.31. The number of nitrogens with zero attached hydrogens (tertiary/aromatic N) is 1. The van der Waals surface area contributed by atoms with Gasteiger partial charge in [-0.25, -0.2) is 4.39 Å². The highest BCUT2D eigenvalue weighted by atomic mass is 19.1. The fraction of sp³-hybridized carbons (Fsp3) is 0.238. The lowest BCUT2D eigenvalue weighted by Gasteiger charge is -2.17. The van der Waals surface area contributed by atoms with Crippen molar-refractivity contribution in [2.45, 2.75) is 19.0 Å². The molecular weight excluding hydrogens is 359 g/mol. The number of benzene rings is 2. The van der Waals surface area contributed by atoms with E-state index >= 15 is 0 Å². The van der Waals surface area contributed by atoms with E-state index in [1.54, 1.807) is 35.4 Å². The largest absolute Gasteiger partial charge is 0.399 e. The van der Waals surface area contributed by atoms with Gasteiger partial charge in [0.15, 0.2) is 5.78 Å². The first-order valence-electron chi connectivity index (χ1n) is 9.17. The van der Waals surface area contributed by atoms with Crippen LogP contribution in [-0.2, 0) is 11.3 Å². The lowest BCUT2D eigenvalue weighted by Crippen LogP contribution is -2.40. The molecule has 3 aromatic rings. The van der Waals surface area contributed by atoms with E-state index in [4.69, 9.17) is 5.73 Å². The Morgan fingerprint density at radius 2 is 2.04 bits per heavy atom. The minimum atomic E-state index is -0.389. The molecule has 1 unspecified atom stereocenters. The molecule has 4 rings (SSSR count). The van der Waals surface area contributed by atoms with Gasteiger partial charge in [0, 0.05) is 41.4 Å². The molecule has 0 spiro atoms. The standard InChI is InChI=1S/C21H21FN4O2/c22-14-3-1-13(2-4-14)12-26-8-7-19(21(26)28)25-11-20(27)17-10-24-18-6-5-15(23)9-16(17)18/h1-6,9-10,19,24-25H,7-8,11-12,23H2. The predicted molar refractivity (Wildman–Crippen MR) is 105 cm³/mol. The Bertz CT molecular complexity index is 1030. The summed E-state index contributed by atoms with van der Waals surface area (Å²) in [5.41, 5.74) is 8.70. The van der Waals surface area contributed by atoms with Crippen LogP contribution in [0.25, 0.3) is 10.9 Å². The van der Waals surface area contributed by atoms with Crippen molar-refractivity contribution in [1.29, 1.82) is 0 Å². The number of H-pyrrole nitrogens is 1. The minimum Gasteiger partial charge on any atom is -0.399 e. The molecule has 144 valence electrons. The summed E-state index contributed by atoms with van der Waals surface area (Å²) in [6.45, 7) is 1.11. The van der Waals surface area contributed by atoms with E-state index in [0.717, 1.165) is 16.5 Å². The van der Waals surface area contributed by atoms with Crippen molar-refractivity contribution in [2.75, 3.05) is 18.8 Å². The maximum Gasteiger partial charge on any atom is 0.240 e. The molecule has 6 nitrogen and oxygen atoms in total. The number of Topliss-reactive ketones (excluding diaryl/α,β-unsaturated/α-hetero) is 1. The molecule has 1 atom stereocenters. The Kier molecular flexibility index (Phi) is 4.83. The number of likely N-dealkylation sites (tertiary alicyclic amines) is 1. The summed E-state index contributed by atoms with van der Waals surface area (Å²) in [5.74, 6) is -0.435. The highest BCUT2D eigenvalue weighted by Gasteiger charge is 2.31. The topological polar surface area (TPSA) is 91.2 Å². The Morgan fingerprint density at radius 3 is 2.82 bits per heavy atom. The van der Waals surface area contributed by atoms with Crippen molar-refractivity contribution < 1.29 is 14.0 Å². The predicted octanol–water partition coefficient (Wildman–Crippen LogP) is 2.46. The second kappa shape index (κ2) is 7.44. The van der Waals surface area contributed by atoms with Crippen LogP contribution < -0.4 is 11.1 Å². The first kappa shape index (κ1) is 18.2. The molecule has 1 aliphatic rings. The number of hydrogen-bond acceptors (Lipinski definition) is 4. The molecule has 1 fully saturated rings. The number of nitrogen functional groups attached to an aromatic ring is 1. The average molecular weight is 380 g/mol. The summed E-state index contributed by atoms with van der Waals surface area (Å²) >= 11 is 0. The molecule has 4 N–H and O–H groups in total. The van der Waals surface area contributed by atoms with Gasteiger partial charge in [-0.2, -0.15) is 0 Å². The van der Waals surface area contributed by atoms with Crippen LogP contribution in [0.4, 0.5) is 10.1 Å². The van der Waals surface area contributed by atoms with Gasteiger partial charge < -0.3 is 15.6 Å². The van der Waals surface area contributed by atoms with E-state index in [1.165, 1.54) is 12.1 Å². The molecule has 7 heteroatoms. The Labute approximate surface area is 161 Å². The molecule has 1 aromatic heterocycles. The van der Waals surface area contributed by atoms with Gasteiger partial charge in [0.1, 0.15) is 5.82 Å². The highest BCUT2D eigenvalue weighted by molar-refractivity contribution is 6.09. The highest BCUT2D eigenvalue weighted by Crippen LogP contribution is 2.21. The number of nitrogens with two attached hydrogens (primary N) is 1. The first-order chi connectivity index (χ1) is 13.5. The van der Waals surface area contributed by atoms with E-state index in [1.807, 2.05) is 6.07 Å². The van der Waals surface area contributed by atoms with E-state index in [0.29, 0.717) is 30.8 Å². The number of carbonyl (C=O) groups is 2. The third-order valence-electron chi connectivity index (χ3n) is 5.10. The van der Waals surface area contributed by atoms with Crippen molar-refractivity contribution in [3.8, 4) is 0 Å². The Balaban J connectivity index is 1.37.